The van der Waals surface area contributed by atoms with E-state index >= 15 is 0 Å². The second-order valence-corrected chi connectivity index (χ2v) is 6.60. The molecule has 1 aliphatic rings. The van der Waals surface area contributed by atoms with Gasteiger partial charge in [0, 0.05) is 15.5 Å². The van der Waals surface area contributed by atoms with Gasteiger partial charge in [0.05, 0.1) is 11.7 Å². The molecule has 1 unspecified atom stereocenters. The molecule has 0 fully saturated rings. The molecular formula is C14H16BrN3S. The number of fused-ring (bicyclic) bond motifs is 1. The molecule has 100 valence electrons. The molecule has 2 heterocycles. The molecule has 3 rings (SSSR count). The minimum Gasteiger partial charge on any atom is -0.309 e. The third-order valence-electron chi connectivity index (χ3n) is 3.37. The summed E-state index contributed by atoms with van der Waals surface area (Å²) in [6.07, 6.45) is 5.41. The summed E-state index contributed by atoms with van der Waals surface area (Å²) in [6.45, 7) is 3.14. The average Bonchev–Trinajstić information content (AvgIpc) is 2.84. The number of nitrogens with one attached hydrogen (secondary N) is 1. The van der Waals surface area contributed by atoms with E-state index in [2.05, 4.69) is 33.2 Å². The SMILES string of the molecule is CCNC1CCCc2sc(-c3ncccc3Br)nc21. The Labute approximate surface area is 125 Å². The molecule has 0 aliphatic heterocycles. The monoisotopic (exact) mass is 337 g/mol. The quantitative estimate of drug-likeness (QED) is 0.921. The van der Waals surface area contributed by atoms with Crippen molar-refractivity contribution in [3.05, 3.63) is 33.4 Å². The number of aryl methyl sites for hydroxylation is 1. The largest absolute Gasteiger partial charge is 0.309 e. The number of aromatic nitrogens is 2. The Hall–Kier alpha value is -0.780. The zero-order chi connectivity index (χ0) is 13.2. The lowest BCUT2D eigenvalue weighted by molar-refractivity contribution is 0.465. The molecule has 19 heavy (non-hydrogen) atoms. The van der Waals surface area contributed by atoms with Gasteiger partial charge in [-0.05, 0) is 53.9 Å². The van der Waals surface area contributed by atoms with Crippen molar-refractivity contribution in [3.8, 4) is 10.7 Å². The zero-order valence-electron chi connectivity index (χ0n) is 10.8. The zero-order valence-corrected chi connectivity index (χ0v) is 13.2. The molecule has 2 aromatic rings. The molecule has 2 aromatic heterocycles. The summed E-state index contributed by atoms with van der Waals surface area (Å²) in [4.78, 5) is 10.7. The van der Waals surface area contributed by atoms with Crippen LogP contribution in [0.4, 0.5) is 0 Å². The van der Waals surface area contributed by atoms with E-state index < -0.39 is 0 Å². The van der Waals surface area contributed by atoms with E-state index in [1.807, 2.05) is 18.3 Å². The topological polar surface area (TPSA) is 37.8 Å². The van der Waals surface area contributed by atoms with E-state index in [1.165, 1.54) is 23.4 Å². The molecular weight excluding hydrogens is 322 g/mol. The van der Waals surface area contributed by atoms with Crippen LogP contribution in [0, 0.1) is 0 Å². The average molecular weight is 338 g/mol. The van der Waals surface area contributed by atoms with Crippen molar-refractivity contribution >= 4 is 27.3 Å². The van der Waals surface area contributed by atoms with Crippen LogP contribution in [0.5, 0.6) is 0 Å². The molecule has 0 spiro atoms. The number of rotatable bonds is 3. The first-order valence-electron chi connectivity index (χ1n) is 6.63. The highest BCUT2D eigenvalue weighted by molar-refractivity contribution is 9.10. The summed E-state index contributed by atoms with van der Waals surface area (Å²) in [6, 6.07) is 4.37. The van der Waals surface area contributed by atoms with Gasteiger partial charge in [0.15, 0.2) is 0 Å². The van der Waals surface area contributed by atoms with Crippen LogP contribution in [0.25, 0.3) is 10.7 Å². The van der Waals surface area contributed by atoms with Crippen LogP contribution in [0.15, 0.2) is 22.8 Å². The van der Waals surface area contributed by atoms with Gasteiger partial charge in [-0.1, -0.05) is 6.92 Å². The summed E-state index contributed by atoms with van der Waals surface area (Å²) < 4.78 is 1.01. The molecule has 0 saturated heterocycles. The smallest absolute Gasteiger partial charge is 0.143 e. The highest BCUT2D eigenvalue weighted by Gasteiger charge is 2.25. The van der Waals surface area contributed by atoms with Crippen LogP contribution >= 0.6 is 27.3 Å². The van der Waals surface area contributed by atoms with Crippen LogP contribution in [0.3, 0.4) is 0 Å². The number of halogens is 1. The maximum absolute atomic E-state index is 4.85. The predicted molar refractivity (Wildman–Crippen MR) is 82.4 cm³/mol. The number of pyridine rings is 1. The fourth-order valence-electron chi connectivity index (χ4n) is 2.51. The molecule has 1 aliphatic carbocycles. The highest BCUT2D eigenvalue weighted by atomic mass is 79.9. The first-order chi connectivity index (χ1) is 9.29. The lowest BCUT2D eigenvalue weighted by atomic mass is 9.98. The van der Waals surface area contributed by atoms with Crippen molar-refractivity contribution in [2.45, 2.75) is 32.2 Å². The molecule has 0 saturated carbocycles. The Balaban J connectivity index is 2.00. The summed E-state index contributed by atoms with van der Waals surface area (Å²) in [7, 11) is 0. The minimum absolute atomic E-state index is 0.418. The van der Waals surface area contributed by atoms with Gasteiger partial charge in [0.25, 0.3) is 0 Å². The number of thiazole rings is 1. The Kier molecular flexibility index (Phi) is 3.96. The lowest BCUT2D eigenvalue weighted by Crippen LogP contribution is -2.24. The highest BCUT2D eigenvalue weighted by Crippen LogP contribution is 2.38. The standard InChI is InChI=1S/C14H16BrN3S/c1-2-16-10-6-3-7-11-13(10)18-14(19-11)12-9(15)5-4-8-17-12/h4-5,8,10,16H,2-3,6-7H2,1H3. The minimum atomic E-state index is 0.418. The van der Waals surface area contributed by atoms with Gasteiger partial charge in [-0.2, -0.15) is 0 Å². The summed E-state index contributed by atoms with van der Waals surface area (Å²) in [5.74, 6) is 0. The van der Waals surface area contributed by atoms with Crippen LogP contribution in [-0.4, -0.2) is 16.5 Å². The first-order valence-corrected chi connectivity index (χ1v) is 8.24. The Bertz CT molecular complexity index is 582. The van der Waals surface area contributed by atoms with Gasteiger partial charge >= 0.3 is 0 Å². The van der Waals surface area contributed by atoms with E-state index in [0.29, 0.717) is 6.04 Å². The van der Waals surface area contributed by atoms with E-state index in [-0.39, 0.29) is 0 Å². The van der Waals surface area contributed by atoms with Crippen molar-refractivity contribution < 1.29 is 0 Å². The Morgan fingerprint density at radius 1 is 1.53 bits per heavy atom. The molecule has 0 amide bonds. The molecule has 0 aromatic carbocycles. The van der Waals surface area contributed by atoms with Gasteiger partial charge in [-0.3, -0.25) is 4.98 Å². The van der Waals surface area contributed by atoms with Crippen molar-refractivity contribution in [2.75, 3.05) is 6.54 Å². The lowest BCUT2D eigenvalue weighted by Gasteiger charge is -2.21. The first kappa shape index (κ1) is 13.2. The van der Waals surface area contributed by atoms with E-state index in [1.54, 1.807) is 11.3 Å². The van der Waals surface area contributed by atoms with Crippen LogP contribution in [-0.2, 0) is 6.42 Å². The molecule has 5 heteroatoms. The van der Waals surface area contributed by atoms with Crippen LogP contribution < -0.4 is 5.32 Å². The summed E-state index contributed by atoms with van der Waals surface area (Å²) in [5.41, 5.74) is 2.20. The molecule has 1 N–H and O–H groups in total. The van der Waals surface area contributed by atoms with Crippen molar-refractivity contribution in [1.82, 2.24) is 15.3 Å². The molecule has 3 nitrogen and oxygen atoms in total. The fourth-order valence-corrected chi connectivity index (χ4v) is 4.26. The number of hydrogen-bond acceptors (Lipinski definition) is 4. The molecule has 1 atom stereocenters. The van der Waals surface area contributed by atoms with Gasteiger partial charge in [0.1, 0.15) is 10.7 Å². The third-order valence-corrected chi connectivity index (χ3v) is 5.14. The van der Waals surface area contributed by atoms with E-state index in [9.17, 15) is 0 Å². The molecule has 0 bridgehead atoms. The van der Waals surface area contributed by atoms with E-state index in [4.69, 9.17) is 4.98 Å². The number of hydrogen-bond donors (Lipinski definition) is 1. The Morgan fingerprint density at radius 3 is 3.21 bits per heavy atom. The maximum atomic E-state index is 4.85. The van der Waals surface area contributed by atoms with Crippen molar-refractivity contribution in [2.24, 2.45) is 0 Å². The summed E-state index contributed by atoms with van der Waals surface area (Å²) in [5, 5.41) is 4.56. The normalized spacial score (nSPS) is 18.3. The van der Waals surface area contributed by atoms with E-state index in [0.717, 1.165) is 28.1 Å². The van der Waals surface area contributed by atoms with Crippen molar-refractivity contribution in [3.63, 3.8) is 0 Å². The second-order valence-electron chi connectivity index (χ2n) is 4.66. The second kappa shape index (κ2) is 5.69. The predicted octanol–water partition coefficient (Wildman–Crippen LogP) is 3.95. The summed E-state index contributed by atoms with van der Waals surface area (Å²) >= 11 is 5.35. The molecule has 0 radical (unpaired) electrons. The Morgan fingerprint density at radius 2 is 2.42 bits per heavy atom. The fraction of sp³-hybridized carbons (Fsp3) is 0.429. The van der Waals surface area contributed by atoms with Crippen molar-refractivity contribution in [1.29, 1.82) is 0 Å². The number of nitrogens with zero attached hydrogens (tertiary/aromatic N) is 2. The van der Waals surface area contributed by atoms with Crippen LogP contribution in [0.2, 0.25) is 0 Å². The third kappa shape index (κ3) is 2.59. The van der Waals surface area contributed by atoms with Gasteiger partial charge in [-0.15, -0.1) is 11.3 Å². The van der Waals surface area contributed by atoms with Crippen LogP contribution in [0.1, 0.15) is 36.4 Å². The van der Waals surface area contributed by atoms with Gasteiger partial charge < -0.3 is 5.32 Å². The van der Waals surface area contributed by atoms with Gasteiger partial charge in [0.2, 0.25) is 0 Å². The maximum Gasteiger partial charge on any atom is 0.143 e. The van der Waals surface area contributed by atoms with Gasteiger partial charge in [-0.25, -0.2) is 4.98 Å².